The summed E-state index contributed by atoms with van der Waals surface area (Å²) >= 11 is 0. The fourth-order valence-electron chi connectivity index (χ4n) is 1.47. The molecule has 0 radical (unpaired) electrons. The van der Waals surface area contributed by atoms with E-state index in [0.717, 1.165) is 0 Å². The lowest BCUT2D eigenvalue weighted by Crippen LogP contribution is -2.51. The van der Waals surface area contributed by atoms with Gasteiger partial charge in [0.25, 0.3) is 5.91 Å². The molecule has 0 spiro atoms. The fraction of sp³-hybridized carbons (Fsp3) is 0.769. The molecule has 0 heterocycles. The van der Waals surface area contributed by atoms with Gasteiger partial charge in [-0.1, -0.05) is 6.92 Å². The van der Waals surface area contributed by atoms with Crippen molar-refractivity contribution in [2.45, 2.75) is 58.4 Å². The Morgan fingerprint density at radius 1 is 1.27 bits per heavy atom. The number of halogens is 3. The Kier molecular flexibility index (Phi) is 7.51. The standard InChI is InChI=1S/C13H21F3N2O4/c1-5-6-17-11(21)10(20)9(7-13(14,15)16)18(8-19)22-12(2,3)4/h8-9H,5-7H2,1-4H3,(H,17,21)/t9-/m0/s1. The van der Waals surface area contributed by atoms with E-state index in [1.807, 2.05) is 0 Å². The number of hydroxylamine groups is 2. The number of hydrogen-bond acceptors (Lipinski definition) is 4. The Morgan fingerprint density at radius 2 is 1.82 bits per heavy atom. The highest BCUT2D eigenvalue weighted by Crippen LogP contribution is 2.25. The van der Waals surface area contributed by atoms with Gasteiger partial charge in [0.2, 0.25) is 12.2 Å². The van der Waals surface area contributed by atoms with Crippen LogP contribution in [0.2, 0.25) is 0 Å². The average Bonchev–Trinajstić information content (AvgIpc) is 2.36. The lowest BCUT2D eigenvalue weighted by molar-refractivity contribution is -0.244. The maximum Gasteiger partial charge on any atom is 0.391 e. The van der Waals surface area contributed by atoms with Gasteiger partial charge in [-0.15, -0.1) is 0 Å². The van der Waals surface area contributed by atoms with E-state index in [1.54, 1.807) is 6.92 Å². The van der Waals surface area contributed by atoms with Crippen LogP contribution < -0.4 is 5.32 Å². The van der Waals surface area contributed by atoms with Crippen molar-refractivity contribution in [1.82, 2.24) is 10.4 Å². The van der Waals surface area contributed by atoms with Gasteiger partial charge < -0.3 is 5.32 Å². The van der Waals surface area contributed by atoms with Crippen molar-refractivity contribution < 1.29 is 32.4 Å². The SMILES string of the molecule is CCCNC(=O)C(=O)[C@H](CC(F)(F)F)N(C=O)OC(C)(C)C. The predicted molar refractivity (Wildman–Crippen MR) is 71.5 cm³/mol. The number of rotatable bonds is 8. The van der Waals surface area contributed by atoms with Crippen molar-refractivity contribution in [3.63, 3.8) is 0 Å². The van der Waals surface area contributed by atoms with Gasteiger partial charge in [-0.2, -0.15) is 13.2 Å². The number of nitrogens with zero attached hydrogens (tertiary/aromatic N) is 1. The molecule has 0 aliphatic carbocycles. The van der Waals surface area contributed by atoms with Crippen LogP contribution in [0.5, 0.6) is 0 Å². The van der Waals surface area contributed by atoms with Crippen LogP contribution in [0, 0.1) is 0 Å². The highest BCUT2D eigenvalue weighted by molar-refractivity contribution is 6.38. The monoisotopic (exact) mass is 326 g/mol. The summed E-state index contributed by atoms with van der Waals surface area (Å²) in [6.07, 6.45) is -5.93. The number of amides is 2. The largest absolute Gasteiger partial charge is 0.391 e. The van der Waals surface area contributed by atoms with E-state index in [4.69, 9.17) is 4.84 Å². The molecule has 1 N–H and O–H groups in total. The van der Waals surface area contributed by atoms with E-state index < -0.39 is 35.9 Å². The topological polar surface area (TPSA) is 75.7 Å². The van der Waals surface area contributed by atoms with Gasteiger partial charge in [0.1, 0.15) is 6.04 Å². The summed E-state index contributed by atoms with van der Waals surface area (Å²) < 4.78 is 37.9. The molecule has 22 heavy (non-hydrogen) atoms. The van der Waals surface area contributed by atoms with E-state index >= 15 is 0 Å². The summed E-state index contributed by atoms with van der Waals surface area (Å²) in [4.78, 5) is 39.5. The third-order valence-corrected chi connectivity index (χ3v) is 2.28. The van der Waals surface area contributed by atoms with Crippen LogP contribution in [-0.2, 0) is 19.2 Å². The molecule has 0 unspecified atom stereocenters. The number of carbonyl (C=O) groups excluding carboxylic acids is 3. The molecule has 0 aromatic rings. The molecule has 0 bridgehead atoms. The molecular weight excluding hydrogens is 305 g/mol. The van der Waals surface area contributed by atoms with Crippen LogP contribution in [0.15, 0.2) is 0 Å². The molecule has 0 rings (SSSR count). The fourth-order valence-corrected chi connectivity index (χ4v) is 1.47. The molecule has 0 aliphatic rings. The Hall–Kier alpha value is -1.64. The molecule has 2 amide bonds. The maximum atomic E-state index is 12.6. The molecule has 0 aromatic carbocycles. The van der Waals surface area contributed by atoms with Crippen LogP contribution in [0.4, 0.5) is 13.2 Å². The van der Waals surface area contributed by atoms with E-state index in [-0.39, 0.29) is 18.0 Å². The van der Waals surface area contributed by atoms with Crippen LogP contribution in [0.3, 0.4) is 0 Å². The zero-order valence-electron chi connectivity index (χ0n) is 13.0. The minimum atomic E-state index is -4.74. The molecule has 9 heteroatoms. The number of nitrogens with one attached hydrogen (secondary N) is 1. The van der Waals surface area contributed by atoms with E-state index in [1.165, 1.54) is 20.8 Å². The summed E-state index contributed by atoms with van der Waals surface area (Å²) in [6, 6.07) is -2.06. The van der Waals surface area contributed by atoms with Crippen LogP contribution >= 0.6 is 0 Å². The second-order valence-corrected chi connectivity index (χ2v) is 5.62. The smallest absolute Gasteiger partial charge is 0.349 e. The quantitative estimate of drug-likeness (QED) is 0.417. The maximum absolute atomic E-state index is 12.6. The van der Waals surface area contributed by atoms with Gasteiger partial charge in [0.05, 0.1) is 12.0 Å². The molecule has 0 saturated heterocycles. The van der Waals surface area contributed by atoms with Gasteiger partial charge in [0.15, 0.2) is 0 Å². The first kappa shape index (κ1) is 20.4. The van der Waals surface area contributed by atoms with Gasteiger partial charge >= 0.3 is 6.18 Å². The van der Waals surface area contributed by atoms with Crippen LogP contribution in [-0.4, -0.2) is 47.5 Å². The van der Waals surface area contributed by atoms with Crippen molar-refractivity contribution in [3.8, 4) is 0 Å². The highest BCUT2D eigenvalue weighted by atomic mass is 19.4. The Balaban J connectivity index is 5.29. The first-order chi connectivity index (χ1) is 9.91. The van der Waals surface area contributed by atoms with Crippen molar-refractivity contribution in [2.75, 3.05) is 6.54 Å². The first-order valence-electron chi connectivity index (χ1n) is 6.73. The third kappa shape index (κ3) is 7.96. The second kappa shape index (κ2) is 8.11. The minimum Gasteiger partial charge on any atom is -0.349 e. The molecular formula is C13H21F3N2O4. The van der Waals surface area contributed by atoms with Crippen molar-refractivity contribution >= 4 is 18.1 Å². The van der Waals surface area contributed by atoms with E-state index in [2.05, 4.69) is 5.32 Å². The normalized spacial score (nSPS) is 13.4. The molecule has 0 aromatic heterocycles. The minimum absolute atomic E-state index is 0.0351. The summed E-state index contributed by atoms with van der Waals surface area (Å²) in [5, 5.41) is 2.44. The van der Waals surface area contributed by atoms with Gasteiger partial charge in [-0.25, -0.2) is 5.06 Å². The average molecular weight is 326 g/mol. The predicted octanol–water partition coefficient (Wildman–Crippen LogP) is 1.59. The number of Topliss-reactive ketones (excluding diaryl/α,β-unsaturated/α-hetero) is 1. The van der Waals surface area contributed by atoms with Gasteiger partial charge in [-0.05, 0) is 27.2 Å². The van der Waals surface area contributed by atoms with E-state index in [9.17, 15) is 27.6 Å². The van der Waals surface area contributed by atoms with Crippen LogP contribution in [0.25, 0.3) is 0 Å². The molecule has 128 valence electrons. The molecule has 0 fully saturated rings. The van der Waals surface area contributed by atoms with Gasteiger partial charge in [-0.3, -0.25) is 19.2 Å². The Bertz CT molecular complexity index is 405. The number of ketones is 1. The molecule has 1 atom stereocenters. The van der Waals surface area contributed by atoms with Crippen molar-refractivity contribution in [3.05, 3.63) is 0 Å². The Labute approximate surface area is 126 Å². The van der Waals surface area contributed by atoms with E-state index in [0.29, 0.717) is 6.42 Å². The lowest BCUT2D eigenvalue weighted by Gasteiger charge is -2.32. The zero-order valence-corrected chi connectivity index (χ0v) is 13.0. The number of hydrogen-bond donors (Lipinski definition) is 1. The lowest BCUT2D eigenvalue weighted by atomic mass is 10.1. The molecule has 6 nitrogen and oxygen atoms in total. The van der Waals surface area contributed by atoms with Gasteiger partial charge in [0, 0.05) is 6.54 Å². The number of alkyl halides is 3. The Morgan fingerprint density at radius 3 is 2.18 bits per heavy atom. The summed E-state index contributed by atoms with van der Waals surface area (Å²) in [7, 11) is 0. The highest BCUT2D eigenvalue weighted by Gasteiger charge is 2.42. The zero-order chi connectivity index (χ0) is 17.6. The van der Waals surface area contributed by atoms with Crippen molar-refractivity contribution in [1.29, 1.82) is 0 Å². The summed E-state index contributed by atoms with van der Waals surface area (Å²) in [5.74, 6) is -2.55. The third-order valence-electron chi connectivity index (χ3n) is 2.28. The van der Waals surface area contributed by atoms with Crippen LogP contribution in [0.1, 0.15) is 40.5 Å². The summed E-state index contributed by atoms with van der Waals surface area (Å²) in [5.41, 5.74) is -1.01. The van der Waals surface area contributed by atoms with Crippen molar-refractivity contribution in [2.24, 2.45) is 0 Å². The second-order valence-electron chi connectivity index (χ2n) is 5.62. The molecule has 0 aliphatic heterocycles. The first-order valence-corrected chi connectivity index (χ1v) is 6.73. The summed E-state index contributed by atoms with van der Waals surface area (Å²) in [6.45, 7) is 6.35. The number of carbonyl (C=O) groups is 3. The molecule has 0 saturated carbocycles.